The lowest BCUT2D eigenvalue weighted by Crippen LogP contribution is -2.27. The average molecular weight is 319 g/mol. The van der Waals surface area contributed by atoms with Gasteiger partial charge in [0, 0.05) is 18.9 Å². The predicted molar refractivity (Wildman–Crippen MR) is 93.8 cm³/mol. The van der Waals surface area contributed by atoms with Crippen LogP contribution < -0.4 is 0 Å². The Bertz CT molecular complexity index is 555. The van der Waals surface area contributed by atoms with Crippen LogP contribution in [0.3, 0.4) is 0 Å². The predicted octanol–water partition coefficient (Wildman–Crippen LogP) is 4.55. The Kier molecular flexibility index (Phi) is 4.65. The van der Waals surface area contributed by atoms with Crippen molar-refractivity contribution in [2.45, 2.75) is 30.9 Å². The van der Waals surface area contributed by atoms with Crippen molar-refractivity contribution >= 4 is 23.5 Å². The zero-order chi connectivity index (χ0) is 14.7. The second-order valence-corrected chi connectivity index (χ2v) is 8.79. The van der Waals surface area contributed by atoms with Gasteiger partial charge in [0.25, 0.3) is 0 Å². The van der Waals surface area contributed by atoms with Crippen molar-refractivity contribution in [2.24, 2.45) is 5.92 Å². The molecule has 0 bridgehead atoms. The highest BCUT2D eigenvalue weighted by atomic mass is 32.2. The third kappa shape index (κ3) is 3.49. The summed E-state index contributed by atoms with van der Waals surface area (Å²) in [5.74, 6) is 3.32. The van der Waals surface area contributed by atoms with Crippen molar-refractivity contribution in [3.8, 4) is 0 Å². The molecule has 1 aliphatic heterocycles. The number of thioether (sulfide) groups is 2. The van der Waals surface area contributed by atoms with Crippen LogP contribution in [-0.2, 0) is 10.6 Å². The van der Waals surface area contributed by atoms with Crippen LogP contribution in [0, 0.1) is 12.8 Å². The van der Waals surface area contributed by atoms with E-state index < -0.39 is 0 Å². The van der Waals surface area contributed by atoms with Crippen LogP contribution in [0.4, 0.5) is 0 Å². The molecular formula is C17H22N2S2. The van der Waals surface area contributed by atoms with Crippen molar-refractivity contribution in [3.63, 3.8) is 0 Å². The van der Waals surface area contributed by atoms with E-state index in [-0.39, 0.29) is 4.08 Å². The monoisotopic (exact) mass is 318 g/mol. The minimum absolute atomic E-state index is 0.199. The number of nitrogens with zero attached hydrogens (tertiary/aromatic N) is 2. The molecular weight excluding hydrogens is 296 g/mol. The molecule has 2 nitrogen and oxygen atoms in total. The van der Waals surface area contributed by atoms with Crippen molar-refractivity contribution in [1.29, 1.82) is 0 Å². The molecule has 1 fully saturated rings. The summed E-state index contributed by atoms with van der Waals surface area (Å²) in [6, 6.07) is 9.12. The molecule has 0 aliphatic carbocycles. The standard InChI is InChI=1S/C17H22N2S2/c1-14-3-5-16(6-4-14)17(20-11-15(2)12-21-17)7-9-19-10-8-18-13-19/h3-6,8,10,13,15H,7,9,11-12H2,1-2H3. The number of aryl methyl sites for hydroxylation is 2. The zero-order valence-electron chi connectivity index (χ0n) is 12.7. The van der Waals surface area contributed by atoms with E-state index in [0.29, 0.717) is 0 Å². The molecule has 3 rings (SSSR count). The Labute approximate surface area is 135 Å². The van der Waals surface area contributed by atoms with Gasteiger partial charge in [0.05, 0.1) is 10.4 Å². The molecule has 0 atom stereocenters. The number of hydrogen-bond donors (Lipinski definition) is 0. The zero-order valence-corrected chi connectivity index (χ0v) is 14.3. The first-order chi connectivity index (χ1) is 10.2. The molecule has 1 aliphatic rings. The molecule has 2 aromatic rings. The van der Waals surface area contributed by atoms with E-state index in [1.165, 1.54) is 22.6 Å². The minimum atomic E-state index is 0.199. The lowest BCUT2D eigenvalue weighted by Gasteiger charge is -2.39. The number of imidazole rings is 1. The summed E-state index contributed by atoms with van der Waals surface area (Å²) in [4.78, 5) is 4.15. The van der Waals surface area contributed by atoms with Crippen LogP contribution in [-0.4, -0.2) is 21.1 Å². The lowest BCUT2D eigenvalue weighted by atomic mass is 10.1. The maximum Gasteiger partial charge on any atom is 0.0945 e. The number of benzene rings is 1. The summed E-state index contributed by atoms with van der Waals surface area (Å²) >= 11 is 4.26. The lowest BCUT2D eigenvalue weighted by molar-refractivity contribution is 0.603. The summed E-state index contributed by atoms with van der Waals surface area (Å²) in [5.41, 5.74) is 2.80. The summed E-state index contributed by atoms with van der Waals surface area (Å²) < 4.78 is 2.39. The van der Waals surface area contributed by atoms with Gasteiger partial charge in [0.15, 0.2) is 0 Å². The van der Waals surface area contributed by atoms with E-state index in [0.717, 1.165) is 18.9 Å². The van der Waals surface area contributed by atoms with Gasteiger partial charge in [0.1, 0.15) is 0 Å². The average Bonchev–Trinajstić information content (AvgIpc) is 3.01. The molecule has 0 saturated carbocycles. The largest absolute Gasteiger partial charge is 0.337 e. The first kappa shape index (κ1) is 15.0. The fourth-order valence-corrected chi connectivity index (χ4v) is 5.91. The highest BCUT2D eigenvalue weighted by Crippen LogP contribution is 2.54. The Balaban J connectivity index is 1.82. The number of rotatable bonds is 4. The molecule has 0 unspecified atom stereocenters. The maximum atomic E-state index is 4.15. The van der Waals surface area contributed by atoms with Gasteiger partial charge < -0.3 is 4.57 Å². The van der Waals surface area contributed by atoms with Crippen molar-refractivity contribution < 1.29 is 0 Å². The maximum absolute atomic E-state index is 4.15. The van der Waals surface area contributed by atoms with Crippen LogP contribution in [0.25, 0.3) is 0 Å². The number of hydrogen-bond acceptors (Lipinski definition) is 3. The molecule has 2 heterocycles. The van der Waals surface area contributed by atoms with E-state index in [1.807, 2.05) is 12.5 Å². The highest BCUT2D eigenvalue weighted by Gasteiger charge is 2.37. The molecule has 1 aromatic heterocycles. The van der Waals surface area contributed by atoms with Gasteiger partial charge in [-0.15, -0.1) is 23.5 Å². The topological polar surface area (TPSA) is 17.8 Å². The normalized spacial score (nSPS) is 25.9. The van der Waals surface area contributed by atoms with Crippen LogP contribution in [0.5, 0.6) is 0 Å². The summed E-state index contributed by atoms with van der Waals surface area (Å²) in [6.07, 6.45) is 6.99. The molecule has 4 heteroatoms. The van der Waals surface area contributed by atoms with Crippen molar-refractivity contribution in [3.05, 3.63) is 54.1 Å². The van der Waals surface area contributed by atoms with Gasteiger partial charge >= 0.3 is 0 Å². The first-order valence-corrected chi connectivity index (χ1v) is 9.46. The van der Waals surface area contributed by atoms with Gasteiger partial charge in [-0.3, -0.25) is 0 Å². The van der Waals surface area contributed by atoms with E-state index in [2.05, 4.69) is 77.4 Å². The van der Waals surface area contributed by atoms with Crippen LogP contribution in [0.15, 0.2) is 43.0 Å². The molecule has 112 valence electrons. The van der Waals surface area contributed by atoms with Gasteiger partial charge in [-0.25, -0.2) is 4.98 Å². The Hall–Kier alpha value is -0.870. The third-order valence-electron chi connectivity index (χ3n) is 3.95. The summed E-state index contributed by atoms with van der Waals surface area (Å²) in [5, 5.41) is 0. The van der Waals surface area contributed by atoms with Crippen molar-refractivity contribution in [1.82, 2.24) is 9.55 Å². The fourth-order valence-electron chi connectivity index (χ4n) is 2.60. The van der Waals surface area contributed by atoms with Gasteiger partial charge in [0.2, 0.25) is 0 Å². The molecule has 1 aromatic carbocycles. The quantitative estimate of drug-likeness (QED) is 0.823. The molecule has 0 amide bonds. The van der Waals surface area contributed by atoms with Gasteiger partial charge in [-0.1, -0.05) is 36.8 Å². The van der Waals surface area contributed by atoms with E-state index in [1.54, 1.807) is 0 Å². The molecule has 0 spiro atoms. The van der Waals surface area contributed by atoms with Gasteiger partial charge in [-0.2, -0.15) is 0 Å². The van der Waals surface area contributed by atoms with Crippen LogP contribution in [0.2, 0.25) is 0 Å². The highest BCUT2D eigenvalue weighted by molar-refractivity contribution is 8.18. The molecule has 0 radical (unpaired) electrons. The second kappa shape index (κ2) is 6.49. The summed E-state index contributed by atoms with van der Waals surface area (Å²) in [6.45, 7) is 5.54. The first-order valence-electron chi connectivity index (χ1n) is 7.49. The van der Waals surface area contributed by atoms with Gasteiger partial charge in [-0.05, 0) is 36.3 Å². The van der Waals surface area contributed by atoms with E-state index >= 15 is 0 Å². The fraction of sp³-hybridized carbons (Fsp3) is 0.471. The SMILES string of the molecule is Cc1ccc(C2(CCn3ccnc3)SCC(C)CS2)cc1. The third-order valence-corrected chi connectivity index (χ3v) is 7.94. The molecule has 1 saturated heterocycles. The number of aromatic nitrogens is 2. The Morgan fingerprint density at radius 1 is 1.24 bits per heavy atom. The Morgan fingerprint density at radius 3 is 2.57 bits per heavy atom. The minimum Gasteiger partial charge on any atom is -0.337 e. The van der Waals surface area contributed by atoms with E-state index in [9.17, 15) is 0 Å². The summed E-state index contributed by atoms with van der Waals surface area (Å²) in [7, 11) is 0. The van der Waals surface area contributed by atoms with Crippen LogP contribution in [0.1, 0.15) is 24.5 Å². The smallest absolute Gasteiger partial charge is 0.0945 e. The Morgan fingerprint density at radius 2 is 1.95 bits per heavy atom. The van der Waals surface area contributed by atoms with E-state index in [4.69, 9.17) is 0 Å². The van der Waals surface area contributed by atoms with Crippen molar-refractivity contribution in [2.75, 3.05) is 11.5 Å². The second-order valence-electron chi connectivity index (χ2n) is 5.90. The molecule has 0 N–H and O–H groups in total. The van der Waals surface area contributed by atoms with Crippen LogP contribution >= 0.6 is 23.5 Å². The molecule has 21 heavy (non-hydrogen) atoms.